The molecule has 0 saturated carbocycles. The van der Waals surface area contributed by atoms with Gasteiger partial charge in [0.25, 0.3) is 0 Å². The predicted octanol–water partition coefficient (Wildman–Crippen LogP) is 1.18. The van der Waals surface area contributed by atoms with Gasteiger partial charge >= 0.3 is 0 Å². The fraction of sp³-hybridized carbons (Fsp3) is 0.333. The number of primary amides is 1. The summed E-state index contributed by atoms with van der Waals surface area (Å²) in [4.78, 5) is 12.7. The Morgan fingerprint density at radius 1 is 1.56 bits per heavy atom. The van der Waals surface area contributed by atoms with E-state index in [9.17, 15) is 4.79 Å². The molecule has 0 fully saturated rings. The molecule has 0 heterocycles. The first-order chi connectivity index (χ1) is 7.58. The molecule has 0 saturated heterocycles. The molecule has 0 radical (unpaired) electrons. The highest BCUT2D eigenvalue weighted by molar-refractivity contribution is 5.80. The second-order valence-corrected chi connectivity index (χ2v) is 3.61. The van der Waals surface area contributed by atoms with Crippen molar-refractivity contribution in [1.82, 2.24) is 0 Å². The smallest absolute Gasteiger partial charge is 0.236 e. The van der Waals surface area contributed by atoms with E-state index < -0.39 is 5.91 Å². The summed E-state index contributed by atoms with van der Waals surface area (Å²) < 4.78 is 0. The molecular weight excluding hydrogens is 202 g/mol. The molecule has 0 atom stereocenters. The lowest BCUT2D eigenvalue weighted by molar-refractivity contribution is -0.116. The highest BCUT2D eigenvalue weighted by atomic mass is 16.1. The minimum atomic E-state index is -0.396. The first-order valence-corrected chi connectivity index (χ1v) is 5.12. The van der Waals surface area contributed by atoms with E-state index in [1.54, 1.807) is 11.0 Å². The third-order valence-electron chi connectivity index (χ3n) is 2.34. The van der Waals surface area contributed by atoms with E-state index in [0.29, 0.717) is 12.1 Å². The molecule has 0 bridgehead atoms. The van der Waals surface area contributed by atoms with Crippen LogP contribution in [0.5, 0.6) is 0 Å². The summed E-state index contributed by atoms with van der Waals surface area (Å²) in [7, 11) is 0. The maximum Gasteiger partial charge on any atom is 0.236 e. The second kappa shape index (κ2) is 5.17. The third kappa shape index (κ3) is 2.74. The van der Waals surface area contributed by atoms with Crippen LogP contribution in [0.15, 0.2) is 18.2 Å². The van der Waals surface area contributed by atoms with Crippen molar-refractivity contribution in [2.24, 2.45) is 5.73 Å². The minimum Gasteiger partial charge on any atom is -0.368 e. The van der Waals surface area contributed by atoms with Crippen molar-refractivity contribution in [3.05, 3.63) is 29.3 Å². The van der Waals surface area contributed by atoms with Gasteiger partial charge in [-0.25, -0.2) is 0 Å². The van der Waals surface area contributed by atoms with E-state index in [1.165, 1.54) is 0 Å². The molecule has 1 amide bonds. The summed E-state index contributed by atoms with van der Waals surface area (Å²) in [6.45, 7) is 4.64. The lowest BCUT2D eigenvalue weighted by atomic mass is 10.1. The Bertz CT molecular complexity index is 434. The monoisotopic (exact) mass is 217 g/mol. The van der Waals surface area contributed by atoms with E-state index in [1.807, 2.05) is 26.0 Å². The molecule has 1 aromatic rings. The van der Waals surface area contributed by atoms with E-state index in [2.05, 4.69) is 6.07 Å². The zero-order valence-electron chi connectivity index (χ0n) is 9.53. The van der Waals surface area contributed by atoms with E-state index >= 15 is 0 Å². The summed E-state index contributed by atoms with van der Waals surface area (Å²) in [6.07, 6.45) is 0. The van der Waals surface area contributed by atoms with Crippen molar-refractivity contribution in [3.63, 3.8) is 0 Å². The van der Waals surface area contributed by atoms with Crippen molar-refractivity contribution in [1.29, 1.82) is 5.26 Å². The standard InChI is InChI=1S/C12H15N3O/c1-3-15(8-12(14)16)11-6-9(2)4-5-10(11)7-13/h4-6H,3,8H2,1-2H3,(H2,14,16). The Labute approximate surface area is 95.3 Å². The van der Waals surface area contributed by atoms with Gasteiger partial charge in [0.15, 0.2) is 0 Å². The average Bonchev–Trinajstić information content (AvgIpc) is 2.25. The summed E-state index contributed by atoms with van der Waals surface area (Å²) in [5.74, 6) is -0.396. The molecule has 84 valence electrons. The number of carbonyl (C=O) groups excluding carboxylic acids is 1. The van der Waals surface area contributed by atoms with Crippen LogP contribution < -0.4 is 10.6 Å². The number of hydrogen-bond donors (Lipinski definition) is 1. The lowest BCUT2D eigenvalue weighted by Crippen LogP contribution is -2.34. The number of hydrogen-bond acceptors (Lipinski definition) is 3. The van der Waals surface area contributed by atoms with E-state index in [4.69, 9.17) is 11.0 Å². The number of nitrogens with two attached hydrogens (primary N) is 1. The molecule has 1 aromatic carbocycles. The summed E-state index contributed by atoms with van der Waals surface area (Å²) >= 11 is 0. The number of nitriles is 1. The van der Waals surface area contributed by atoms with Gasteiger partial charge in [-0.15, -0.1) is 0 Å². The van der Waals surface area contributed by atoms with Crippen molar-refractivity contribution >= 4 is 11.6 Å². The molecule has 1 rings (SSSR count). The summed E-state index contributed by atoms with van der Waals surface area (Å²) in [6, 6.07) is 7.64. The molecule has 0 aliphatic heterocycles. The molecule has 4 nitrogen and oxygen atoms in total. The van der Waals surface area contributed by atoms with Crippen LogP contribution in [0.1, 0.15) is 18.1 Å². The quantitative estimate of drug-likeness (QED) is 0.823. The Kier molecular flexibility index (Phi) is 3.90. The molecule has 0 aliphatic rings. The van der Waals surface area contributed by atoms with Gasteiger partial charge in [-0.1, -0.05) is 6.07 Å². The Hall–Kier alpha value is -2.02. The molecule has 0 aliphatic carbocycles. The average molecular weight is 217 g/mol. The Balaban J connectivity index is 3.13. The van der Waals surface area contributed by atoms with Crippen molar-refractivity contribution in [2.45, 2.75) is 13.8 Å². The van der Waals surface area contributed by atoms with Crippen LogP contribution in [0.25, 0.3) is 0 Å². The predicted molar refractivity (Wildman–Crippen MR) is 63.0 cm³/mol. The number of benzene rings is 1. The first kappa shape index (κ1) is 12.1. The van der Waals surface area contributed by atoms with Gasteiger partial charge in [0.05, 0.1) is 17.8 Å². The number of carbonyl (C=O) groups is 1. The van der Waals surface area contributed by atoms with Crippen molar-refractivity contribution < 1.29 is 4.79 Å². The van der Waals surface area contributed by atoms with Crippen LogP contribution >= 0.6 is 0 Å². The fourth-order valence-electron chi connectivity index (χ4n) is 1.55. The van der Waals surface area contributed by atoms with Crippen molar-refractivity contribution in [2.75, 3.05) is 18.0 Å². The number of rotatable bonds is 4. The number of anilines is 1. The Morgan fingerprint density at radius 3 is 2.75 bits per heavy atom. The van der Waals surface area contributed by atoms with Gasteiger partial charge in [0, 0.05) is 6.54 Å². The molecule has 0 spiro atoms. The summed E-state index contributed by atoms with van der Waals surface area (Å²) in [5.41, 5.74) is 7.56. The van der Waals surface area contributed by atoms with Crippen LogP contribution in [0.3, 0.4) is 0 Å². The first-order valence-electron chi connectivity index (χ1n) is 5.12. The maximum absolute atomic E-state index is 10.9. The number of amides is 1. The SMILES string of the molecule is CCN(CC(N)=O)c1cc(C)ccc1C#N. The van der Waals surface area contributed by atoms with Gasteiger partial charge in [0.2, 0.25) is 5.91 Å². The van der Waals surface area contributed by atoms with Gasteiger partial charge in [-0.2, -0.15) is 5.26 Å². The van der Waals surface area contributed by atoms with E-state index in [0.717, 1.165) is 11.3 Å². The highest BCUT2D eigenvalue weighted by Crippen LogP contribution is 2.21. The third-order valence-corrected chi connectivity index (χ3v) is 2.34. The normalized spacial score (nSPS) is 9.56. The Morgan fingerprint density at radius 2 is 2.25 bits per heavy atom. The minimum absolute atomic E-state index is 0.134. The van der Waals surface area contributed by atoms with Crippen LogP contribution in [-0.2, 0) is 4.79 Å². The fourth-order valence-corrected chi connectivity index (χ4v) is 1.55. The van der Waals surface area contributed by atoms with Gasteiger partial charge in [-0.3, -0.25) is 4.79 Å². The maximum atomic E-state index is 10.9. The zero-order valence-corrected chi connectivity index (χ0v) is 9.53. The summed E-state index contributed by atoms with van der Waals surface area (Å²) in [5, 5.41) is 9.00. The van der Waals surface area contributed by atoms with Gasteiger partial charge in [0.1, 0.15) is 6.07 Å². The number of aryl methyl sites for hydroxylation is 1. The van der Waals surface area contributed by atoms with Crippen molar-refractivity contribution in [3.8, 4) is 6.07 Å². The number of likely N-dealkylation sites (N-methyl/N-ethyl adjacent to an activating group) is 1. The molecule has 0 unspecified atom stereocenters. The number of nitrogens with zero attached hydrogens (tertiary/aromatic N) is 2. The van der Waals surface area contributed by atoms with Gasteiger partial charge < -0.3 is 10.6 Å². The molecule has 16 heavy (non-hydrogen) atoms. The molecule has 2 N–H and O–H groups in total. The topological polar surface area (TPSA) is 70.1 Å². The van der Waals surface area contributed by atoms with Gasteiger partial charge in [-0.05, 0) is 31.5 Å². The largest absolute Gasteiger partial charge is 0.368 e. The molecule has 0 aromatic heterocycles. The lowest BCUT2D eigenvalue weighted by Gasteiger charge is -2.22. The van der Waals surface area contributed by atoms with E-state index in [-0.39, 0.29) is 6.54 Å². The van der Waals surface area contributed by atoms with Crippen LogP contribution in [0.2, 0.25) is 0 Å². The highest BCUT2D eigenvalue weighted by Gasteiger charge is 2.11. The van der Waals surface area contributed by atoms with Crippen LogP contribution in [0, 0.1) is 18.3 Å². The van der Waals surface area contributed by atoms with Crippen LogP contribution in [-0.4, -0.2) is 19.0 Å². The van der Waals surface area contributed by atoms with Crippen LogP contribution in [0.4, 0.5) is 5.69 Å². The zero-order chi connectivity index (χ0) is 12.1. The molecule has 4 heteroatoms. The molecular formula is C12H15N3O. The second-order valence-electron chi connectivity index (χ2n) is 3.61.